The first-order valence-electron chi connectivity index (χ1n) is 5.68. The molecule has 2 heteroatoms. The number of fused-ring (bicyclic) bond motifs is 2. The average molecular weight is 199 g/mol. The molecule has 2 aliphatic carbocycles. The fourth-order valence-electron chi connectivity index (χ4n) is 3.00. The third kappa shape index (κ3) is 2.41. The molecule has 0 aromatic heterocycles. The molecule has 0 radical (unpaired) electrons. The number of hydrogen-bond donors (Lipinski definition) is 1. The summed E-state index contributed by atoms with van der Waals surface area (Å²) in [6.07, 6.45) is 7.37. The normalized spacial score (nSPS) is 37.2. The summed E-state index contributed by atoms with van der Waals surface area (Å²) in [6, 6.07) is 0. The Labute approximate surface area is 85.8 Å². The van der Waals surface area contributed by atoms with Crippen LogP contribution in [0.2, 0.25) is 0 Å². The molecule has 2 aliphatic rings. The monoisotopic (exact) mass is 199 g/mol. The standard InChI is InChI=1S/C11H21NS/c12-4-1-5-13-8-11-7-9-2-3-10(11)6-9/h9-11H,1-8,12H2. The van der Waals surface area contributed by atoms with Crippen LogP contribution >= 0.6 is 11.8 Å². The van der Waals surface area contributed by atoms with E-state index in [1.165, 1.54) is 30.8 Å². The molecular weight excluding hydrogens is 178 g/mol. The molecule has 0 heterocycles. The molecular formula is C11H21NS. The lowest BCUT2D eigenvalue weighted by Gasteiger charge is -2.20. The molecule has 2 N–H and O–H groups in total. The first-order valence-corrected chi connectivity index (χ1v) is 6.83. The van der Waals surface area contributed by atoms with E-state index >= 15 is 0 Å². The lowest BCUT2D eigenvalue weighted by Crippen LogP contribution is -2.13. The quantitative estimate of drug-likeness (QED) is 0.689. The van der Waals surface area contributed by atoms with E-state index in [0.29, 0.717) is 0 Å². The second-order valence-corrected chi connectivity index (χ2v) is 5.80. The summed E-state index contributed by atoms with van der Waals surface area (Å²) < 4.78 is 0. The number of nitrogens with two attached hydrogens (primary N) is 1. The first kappa shape index (κ1) is 9.85. The van der Waals surface area contributed by atoms with Crippen molar-refractivity contribution in [3.8, 4) is 0 Å². The van der Waals surface area contributed by atoms with Gasteiger partial charge in [0.2, 0.25) is 0 Å². The summed E-state index contributed by atoms with van der Waals surface area (Å²) >= 11 is 2.13. The average Bonchev–Trinajstić information content (AvgIpc) is 2.73. The molecule has 2 bridgehead atoms. The molecule has 0 aliphatic heterocycles. The first-order chi connectivity index (χ1) is 6.40. The van der Waals surface area contributed by atoms with Crippen molar-refractivity contribution < 1.29 is 0 Å². The highest BCUT2D eigenvalue weighted by Crippen LogP contribution is 2.49. The minimum atomic E-state index is 0.865. The Bertz CT molecular complexity index is 160. The van der Waals surface area contributed by atoms with Crippen LogP contribution < -0.4 is 5.73 Å². The van der Waals surface area contributed by atoms with Gasteiger partial charge in [0.1, 0.15) is 0 Å². The minimum Gasteiger partial charge on any atom is -0.330 e. The van der Waals surface area contributed by atoms with Gasteiger partial charge in [0.15, 0.2) is 0 Å². The van der Waals surface area contributed by atoms with Crippen LogP contribution in [0.3, 0.4) is 0 Å². The lowest BCUT2D eigenvalue weighted by atomic mass is 9.90. The lowest BCUT2D eigenvalue weighted by molar-refractivity contribution is 0.365. The van der Waals surface area contributed by atoms with E-state index in [9.17, 15) is 0 Å². The van der Waals surface area contributed by atoms with Crippen LogP contribution in [0.15, 0.2) is 0 Å². The Morgan fingerprint density at radius 1 is 1.23 bits per heavy atom. The maximum absolute atomic E-state index is 5.47. The second kappa shape index (κ2) is 4.70. The van der Waals surface area contributed by atoms with Crippen LogP contribution in [-0.4, -0.2) is 18.1 Å². The molecule has 76 valence electrons. The predicted octanol–water partition coefficient (Wildman–Crippen LogP) is 2.50. The van der Waals surface area contributed by atoms with E-state index in [0.717, 1.165) is 24.3 Å². The summed E-state index contributed by atoms with van der Waals surface area (Å²) in [6.45, 7) is 0.865. The Morgan fingerprint density at radius 2 is 2.15 bits per heavy atom. The van der Waals surface area contributed by atoms with Crippen LogP contribution in [0.4, 0.5) is 0 Å². The van der Waals surface area contributed by atoms with Gasteiger partial charge in [0.05, 0.1) is 0 Å². The molecule has 0 saturated heterocycles. The number of hydrogen-bond acceptors (Lipinski definition) is 2. The topological polar surface area (TPSA) is 26.0 Å². The van der Waals surface area contributed by atoms with Crippen molar-refractivity contribution in [2.45, 2.75) is 32.1 Å². The Balaban J connectivity index is 1.60. The third-order valence-electron chi connectivity index (χ3n) is 3.71. The van der Waals surface area contributed by atoms with Gasteiger partial charge in [-0.25, -0.2) is 0 Å². The smallest absolute Gasteiger partial charge is 0.00364 e. The second-order valence-electron chi connectivity index (χ2n) is 4.65. The van der Waals surface area contributed by atoms with Crippen molar-refractivity contribution >= 4 is 11.8 Å². The fraction of sp³-hybridized carbons (Fsp3) is 1.00. The molecule has 2 saturated carbocycles. The summed E-state index contributed by atoms with van der Waals surface area (Å²) in [5, 5.41) is 0. The maximum Gasteiger partial charge on any atom is -0.00364 e. The molecule has 3 atom stereocenters. The summed E-state index contributed by atoms with van der Waals surface area (Å²) in [4.78, 5) is 0. The van der Waals surface area contributed by atoms with E-state index < -0.39 is 0 Å². The minimum absolute atomic E-state index is 0.865. The van der Waals surface area contributed by atoms with Gasteiger partial charge >= 0.3 is 0 Å². The Morgan fingerprint density at radius 3 is 2.77 bits per heavy atom. The van der Waals surface area contributed by atoms with Gasteiger partial charge in [-0.15, -0.1) is 0 Å². The van der Waals surface area contributed by atoms with Crippen LogP contribution in [0.25, 0.3) is 0 Å². The van der Waals surface area contributed by atoms with E-state index in [1.54, 1.807) is 12.8 Å². The number of rotatable bonds is 5. The molecule has 3 unspecified atom stereocenters. The van der Waals surface area contributed by atoms with E-state index in [-0.39, 0.29) is 0 Å². The van der Waals surface area contributed by atoms with Gasteiger partial charge in [0, 0.05) is 0 Å². The molecule has 0 spiro atoms. The zero-order chi connectivity index (χ0) is 9.10. The summed E-state index contributed by atoms with van der Waals surface area (Å²) in [7, 11) is 0. The summed E-state index contributed by atoms with van der Waals surface area (Å²) in [5.41, 5.74) is 5.47. The maximum atomic E-state index is 5.47. The zero-order valence-corrected chi connectivity index (χ0v) is 9.19. The van der Waals surface area contributed by atoms with Crippen LogP contribution in [0.1, 0.15) is 32.1 Å². The summed E-state index contributed by atoms with van der Waals surface area (Å²) in [5.74, 6) is 5.99. The highest BCUT2D eigenvalue weighted by atomic mass is 32.2. The van der Waals surface area contributed by atoms with Gasteiger partial charge in [-0.3, -0.25) is 0 Å². The van der Waals surface area contributed by atoms with Gasteiger partial charge in [-0.2, -0.15) is 11.8 Å². The van der Waals surface area contributed by atoms with Crippen molar-refractivity contribution in [2.75, 3.05) is 18.1 Å². The predicted molar refractivity (Wildman–Crippen MR) is 59.9 cm³/mol. The highest BCUT2D eigenvalue weighted by molar-refractivity contribution is 7.99. The van der Waals surface area contributed by atoms with E-state index in [4.69, 9.17) is 5.73 Å². The Kier molecular flexibility index (Phi) is 3.56. The van der Waals surface area contributed by atoms with Crippen molar-refractivity contribution in [3.63, 3.8) is 0 Å². The number of thioether (sulfide) groups is 1. The van der Waals surface area contributed by atoms with Crippen molar-refractivity contribution in [2.24, 2.45) is 23.5 Å². The molecule has 0 aromatic rings. The van der Waals surface area contributed by atoms with Gasteiger partial charge in [-0.05, 0) is 61.5 Å². The van der Waals surface area contributed by atoms with Crippen molar-refractivity contribution in [1.29, 1.82) is 0 Å². The molecule has 0 aromatic carbocycles. The fourth-order valence-corrected chi connectivity index (χ4v) is 4.25. The highest BCUT2D eigenvalue weighted by Gasteiger charge is 2.38. The molecule has 1 nitrogen and oxygen atoms in total. The van der Waals surface area contributed by atoms with Crippen molar-refractivity contribution in [3.05, 3.63) is 0 Å². The molecule has 2 fully saturated rings. The van der Waals surface area contributed by atoms with Crippen LogP contribution in [0, 0.1) is 17.8 Å². The molecule has 13 heavy (non-hydrogen) atoms. The van der Waals surface area contributed by atoms with Gasteiger partial charge in [-0.1, -0.05) is 6.42 Å². The molecule has 2 rings (SSSR count). The SMILES string of the molecule is NCCCSCC1CC2CCC1C2. The third-order valence-corrected chi connectivity index (χ3v) is 4.95. The molecule has 0 amide bonds. The zero-order valence-electron chi connectivity index (χ0n) is 8.37. The van der Waals surface area contributed by atoms with Crippen LogP contribution in [-0.2, 0) is 0 Å². The largest absolute Gasteiger partial charge is 0.330 e. The van der Waals surface area contributed by atoms with Gasteiger partial charge in [0.25, 0.3) is 0 Å². The van der Waals surface area contributed by atoms with Gasteiger partial charge < -0.3 is 5.73 Å². The van der Waals surface area contributed by atoms with E-state index in [1.807, 2.05) is 0 Å². The van der Waals surface area contributed by atoms with E-state index in [2.05, 4.69) is 11.8 Å². The van der Waals surface area contributed by atoms with Crippen LogP contribution in [0.5, 0.6) is 0 Å². The van der Waals surface area contributed by atoms with Crippen molar-refractivity contribution in [1.82, 2.24) is 0 Å². The Hall–Kier alpha value is 0.310.